The number of benzene rings is 2. The summed E-state index contributed by atoms with van der Waals surface area (Å²) < 4.78 is 0. The smallest absolute Gasteiger partial charge is 0.257 e. The lowest BCUT2D eigenvalue weighted by atomic mass is 10.2. The van der Waals surface area contributed by atoms with Crippen molar-refractivity contribution >= 4 is 23.4 Å². The Bertz CT molecular complexity index is 1070. The van der Waals surface area contributed by atoms with Crippen LogP contribution in [0.4, 0.5) is 5.69 Å². The zero-order valence-corrected chi connectivity index (χ0v) is 16.0. The number of carbonyl (C=O) groups excluding carboxylic acids is 3. The predicted molar refractivity (Wildman–Crippen MR) is 113 cm³/mol. The summed E-state index contributed by atoms with van der Waals surface area (Å²) in [4.78, 5) is 49.7. The van der Waals surface area contributed by atoms with Crippen molar-refractivity contribution in [3.8, 4) is 0 Å². The van der Waals surface area contributed by atoms with E-state index in [0.717, 1.165) is 0 Å². The number of hydrogen-bond acceptors (Lipinski definition) is 4. The average Bonchev–Trinajstić information content (AvgIpc) is 2.78. The average molecular weight is 404 g/mol. The zero-order valence-electron chi connectivity index (χ0n) is 16.0. The first-order valence-electron chi connectivity index (χ1n) is 9.24. The van der Waals surface area contributed by atoms with E-state index >= 15 is 0 Å². The molecular weight excluding hydrogens is 384 g/mol. The van der Waals surface area contributed by atoms with Gasteiger partial charge in [-0.3, -0.25) is 19.2 Å². The van der Waals surface area contributed by atoms with Crippen molar-refractivity contribution < 1.29 is 14.4 Å². The SMILES string of the molecule is O=C(NCCNC(=O)c1ccc(NC(=O)c2ccc(=O)[nH]c2)cc1)c1ccccc1. The number of anilines is 1. The Kier molecular flexibility index (Phi) is 6.73. The Hall–Kier alpha value is -4.20. The molecule has 0 saturated heterocycles. The van der Waals surface area contributed by atoms with Crippen LogP contribution in [0, 0.1) is 0 Å². The molecule has 2 aromatic carbocycles. The lowest BCUT2D eigenvalue weighted by Crippen LogP contribution is -2.34. The van der Waals surface area contributed by atoms with Crippen LogP contribution in [0.5, 0.6) is 0 Å². The third-order valence-corrected chi connectivity index (χ3v) is 4.18. The lowest BCUT2D eigenvalue weighted by Gasteiger charge is -2.08. The topological polar surface area (TPSA) is 120 Å². The molecule has 0 fully saturated rings. The standard InChI is InChI=1S/C22H20N4O4/c27-19-11-8-17(14-25-19)22(30)26-18-9-6-16(7-10-18)21(29)24-13-12-23-20(28)15-4-2-1-3-5-15/h1-11,14H,12-13H2,(H,23,28)(H,24,29)(H,25,27)(H,26,30). The van der Waals surface area contributed by atoms with Gasteiger partial charge in [0.15, 0.2) is 0 Å². The molecule has 3 amide bonds. The molecule has 0 atom stereocenters. The summed E-state index contributed by atoms with van der Waals surface area (Å²) in [6.45, 7) is 0.578. The van der Waals surface area contributed by atoms with Crippen molar-refractivity contribution in [2.45, 2.75) is 0 Å². The summed E-state index contributed by atoms with van der Waals surface area (Å²) in [5.41, 5.74) is 1.52. The van der Waals surface area contributed by atoms with Gasteiger partial charge in [0.05, 0.1) is 5.56 Å². The van der Waals surface area contributed by atoms with Crippen LogP contribution in [-0.4, -0.2) is 35.8 Å². The van der Waals surface area contributed by atoms with E-state index in [0.29, 0.717) is 28.9 Å². The van der Waals surface area contributed by atoms with Crippen molar-refractivity contribution in [2.75, 3.05) is 18.4 Å². The van der Waals surface area contributed by atoms with E-state index in [1.807, 2.05) is 6.07 Å². The fourth-order valence-corrected chi connectivity index (χ4v) is 2.61. The highest BCUT2D eigenvalue weighted by Crippen LogP contribution is 2.11. The summed E-state index contributed by atoms with van der Waals surface area (Å²) in [5.74, 6) is -0.868. The molecule has 1 heterocycles. The first-order chi connectivity index (χ1) is 14.5. The van der Waals surface area contributed by atoms with Crippen LogP contribution in [-0.2, 0) is 0 Å². The highest BCUT2D eigenvalue weighted by molar-refractivity contribution is 6.04. The summed E-state index contributed by atoms with van der Waals surface area (Å²) in [7, 11) is 0. The normalized spacial score (nSPS) is 10.1. The molecule has 1 aromatic heterocycles. The second kappa shape index (κ2) is 9.83. The number of amides is 3. The molecule has 30 heavy (non-hydrogen) atoms. The molecule has 0 aliphatic carbocycles. The number of carbonyl (C=O) groups is 3. The molecule has 3 aromatic rings. The van der Waals surface area contributed by atoms with Crippen LogP contribution in [0.2, 0.25) is 0 Å². The van der Waals surface area contributed by atoms with Gasteiger partial charge in [0.1, 0.15) is 0 Å². The van der Waals surface area contributed by atoms with E-state index in [4.69, 9.17) is 0 Å². The van der Waals surface area contributed by atoms with Crippen molar-refractivity contribution in [2.24, 2.45) is 0 Å². The van der Waals surface area contributed by atoms with Crippen LogP contribution < -0.4 is 21.5 Å². The molecule has 0 aliphatic heterocycles. The Morgan fingerprint density at radius 1 is 0.667 bits per heavy atom. The van der Waals surface area contributed by atoms with Gasteiger partial charge in [-0.05, 0) is 42.5 Å². The molecule has 0 saturated carbocycles. The maximum Gasteiger partial charge on any atom is 0.257 e. The minimum absolute atomic E-state index is 0.201. The van der Waals surface area contributed by atoms with Crippen molar-refractivity contribution in [3.05, 3.63) is 100.0 Å². The number of hydrogen-bond donors (Lipinski definition) is 4. The highest BCUT2D eigenvalue weighted by atomic mass is 16.2. The Balaban J connectivity index is 1.45. The number of H-pyrrole nitrogens is 1. The minimum atomic E-state index is -0.377. The molecule has 0 radical (unpaired) electrons. The fraction of sp³-hybridized carbons (Fsp3) is 0.0909. The van der Waals surface area contributed by atoms with Gasteiger partial charge in [-0.2, -0.15) is 0 Å². The van der Waals surface area contributed by atoms with E-state index < -0.39 is 0 Å². The molecule has 4 N–H and O–H groups in total. The van der Waals surface area contributed by atoms with E-state index in [-0.39, 0.29) is 29.8 Å². The number of nitrogens with one attached hydrogen (secondary N) is 4. The molecule has 0 bridgehead atoms. The summed E-state index contributed by atoms with van der Waals surface area (Å²) in [6, 6.07) is 17.9. The number of aromatic nitrogens is 1. The quantitative estimate of drug-likeness (QED) is 0.449. The van der Waals surface area contributed by atoms with Gasteiger partial charge in [-0.25, -0.2) is 0 Å². The molecule has 3 rings (SSSR count). The molecule has 0 unspecified atom stereocenters. The van der Waals surface area contributed by atoms with Gasteiger partial charge in [0, 0.05) is 42.2 Å². The van der Waals surface area contributed by atoms with Crippen LogP contribution in [0.1, 0.15) is 31.1 Å². The maximum absolute atomic E-state index is 12.2. The second-order valence-electron chi connectivity index (χ2n) is 6.35. The second-order valence-corrected chi connectivity index (χ2v) is 6.35. The van der Waals surface area contributed by atoms with E-state index in [1.54, 1.807) is 48.5 Å². The van der Waals surface area contributed by atoms with E-state index in [9.17, 15) is 19.2 Å². The Morgan fingerprint density at radius 2 is 1.23 bits per heavy atom. The van der Waals surface area contributed by atoms with Crippen LogP contribution >= 0.6 is 0 Å². The maximum atomic E-state index is 12.2. The summed E-state index contributed by atoms with van der Waals surface area (Å²) in [6.07, 6.45) is 1.33. The number of rotatable bonds is 7. The number of aromatic amines is 1. The van der Waals surface area contributed by atoms with Crippen LogP contribution in [0.25, 0.3) is 0 Å². The minimum Gasteiger partial charge on any atom is -0.350 e. The van der Waals surface area contributed by atoms with Gasteiger partial charge in [0.2, 0.25) is 5.56 Å². The first kappa shape index (κ1) is 20.5. The molecule has 8 nitrogen and oxygen atoms in total. The van der Waals surface area contributed by atoms with Crippen molar-refractivity contribution in [1.29, 1.82) is 0 Å². The first-order valence-corrected chi connectivity index (χ1v) is 9.24. The van der Waals surface area contributed by atoms with Gasteiger partial charge in [-0.1, -0.05) is 18.2 Å². The summed E-state index contributed by atoms with van der Waals surface area (Å²) in [5, 5.41) is 8.14. The summed E-state index contributed by atoms with van der Waals surface area (Å²) >= 11 is 0. The van der Waals surface area contributed by atoms with Crippen molar-refractivity contribution in [3.63, 3.8) is 0 Å². The Morgan fingerprint density at radius 3 is 1.80 bits per heavy atom. The molecule has 152 valence electrons. The van der Waals surface area contributed by atoms with Crippen LogP contribution in [0.3, 0.4) is 0 Å². The fourth-order valence-electron chi connectivity index (χ4n) is 2.61. The molecule has 0 spiro atoms. The third-order valence-electron chi connectivity index (χ3n) is 4.18. The van der Waals surface area contributed by atoms with Gasteiger partial charge in [0.25, 0.3) is 17.7 Å². The van der Waals surface area contributed by atoms with E-state index in [2.05, 4.69) is 20.9 Å². The largest absolute Gasteiger partial charge is 0.350 e. The van der Waals surface area contributed by atoms with Crippen LogP contribution in [0.15, 0.2) is 77.7 Å². The zero-order chi connectivity index (χ0) is 21.3. The molecule has 0 aliphatic rings. The van der Waals surface area contributed by atoms with Crippen molar-refractivity contribution in [1.82, 2.24) is 15.6 Å². The van der Waals surface area contributed by atoms with Gasteiger partial charge < -0.3 is 20.9 Å². The Labute approximate surface area is 172 Å². The van der Waals surface area contributed by atoms with E-state index in [1.165, 1.54) is 18.3 Å². The molecular formula is C22H20N4O4. The van der Waals surface area contributed by atoms with Gasteiger partial charge >= 0.3 is 0 Å². The third kappa shape index (κ3) is 5.65. The number of pyridine rings is 1. The highest BCUT2D eigenvalue weighted by Gasteiger charge is 2.09. The monoisotopic (exact) mass is 404 g/mol. The lowest BCUT2D eigenvalue weighted by molar-refractivity contribution is 0.0927. The molecule has 8 heteroatoms. The van der Waals surface area contributed by atoms with Gasteiger partial charge in [-0.15, -0.1) is 0 Å². The predicted octanol–water partition coefficient (Wildman–Crippen LogP) is 1.79.